The molecule has 134 valence electrons. The van der Waals surface area contributed by atoms with Crippen molar-refractivity contribution in [3.05, 3.63) is 71.8 Å². The van der Waals surface area contributed by atoms with Gasteiger partial charge in [0.25, 0.3) is 0 Å². The van der Waals surface area contributed by atoms with E-state index >= 15 is 0 Å². The lowest BCUT2D eigenvalue weighted by atomic mass is 10.4. The SMILES string of the molecule is O=S(=O)(c1ccccc1)c1nc(Cl)nc(S(=O)(=O)c2ccccc2)c1F. The summed E-state index contributed by atoms with van der Waals surface area (Å²) < 4.78 is 65.4. The Hall–Kier alpha value is -2.36. The minimum atomic E-state index is -4.43. The molecule has 0 saturated carbocycles. The van der Waals surface area contributed by atoms with Gasteiger partial charge in [-0.05, 0) is 35.9 Å². The van der Waals surface area contributed by atoms with Crippen LogP contribution in [0.3, 0.4) is 0 Å². The van der Waals surface area contributed by atoms with Gasteiger partial charge >= 0.3 is 0 Å². The van der Waals surface area contributed by atoms with Crippen LogP contribution in [0.4, 0.5) is 4.39 Å². The normalized spacial score (nSPS) is 12.1. The topological polar surface area (TPSA) is 94.1 Å². The molecule has 0 aliphatic heterocycles. The first-order valence-corrected chi connectivity index (χ1v) is 10.4. The van der Waals surface area contributed by atoms with E-state index < -0.39 is 40.8 Å². The van der Waals surface area contributed by atoms with Gasteiger partial charge in [0, 0.05) is 0 Å². The molecule has 0 amide bonds. The Morgan fingerprint density at radius 3 is 1.38 bits per heavy atom. The molecule has 1 aromatic heterocycles. The molecule has 3 aromatic rings. The quantitative estimate of drug-likeness (QED) is 0.483. The molecule has 1 heterocycles. The van der Waals surface area contributed by atoms with Gasteiger partial charge in [0.05, 0.1) is 9.79 Å². The average molecular weight is 413 g/mol. The molecule has 0 atom stereocenters. The summed E-state index contributed by atoms with van der Waals surface area (Å²) in [5, 5.41) is -2.90. The molecular weight excluding hydrogens is 403 g/mol. The largest absolute Gasteiger partial charge is 0.227 e. The Morgan fingerprint density at radius 1 is 0.692 bits per heavy atom. The molecule has 0 aliphatic rings. The molecule has 0 unspecified atom stereocenters. The Kier molecular flexibility index (Phi) is 4.78. The third-order valence-electron chi connectivity index (χ3n) is 3.38. The minimum absolute atomic E-state index is 0.253. The summed E-state index contributed by atoms with van der Waals surface area (Å²) in [4.78, 5) is 6.32. The zero-order chi connectivity index (χ0) is 18.9. The maximum Gasteiger partial charge on any atom is 0.227 e. The molecule has 10 heteroatoms. The van der Waals surface area contributed by atoms with Crippen LogP contribution < -0.4 is 0 Å². The second kappa shape index (κ2) is 6.75. The number of benzene rings is 2. The molecular formula is C16H10ClFN2O4S2. The molecule has 0 aliphatic carbocycles. The van der Waals surface area contributed by atoms with Crippen LogP contribution in [-0.2, 0) is 19.7 Å². The third-order valence-corrected chi connectivity index (χ3v) is 6.89. The predicted molar refractivity (Wildman–Crippen MR) is 90.8 cm³/mol. The van der Waals surface area contributed by atoms with E-state index in [1.54, 1.807) is 12.1 Å². The molecule has 0 saturated heterocycles. The Labute approximate surface area is 154 Å². The van der Waals surface area contributed by atoms with Crippen molar-refractivity contribution in [2.75, 3.05) is 0 Å². The molecule has 26 heavy (non-hydrogen) atoms. The van der Waals surface area contributed by atoms with Crippen LogP contribution in [0.1, 0.15) is 0 Å². The van der Waals surface area contributed by atoms with Gasteiger partial charge in [-0.25, -0.2) is 31.2 Å². The second-order valence-electron chi connectivity index (χ2n) is 5.05. The zero-order valence-corrected chi connectivity index (χ0v) is 15.3. The van der Waals surface area contributed by atoms with Crippen LogP contribution in [0, 0.1) is 5.82 Å². The summed E-state index contributed by atoms with van der Waals surface area (Å²) in [7, 11) is -8.86. The Morgan fingerprint density at radius 2 is 1.04 bits per heavy atom. The summed E-state index contributed by atoms with van der Waals surface area (Å²) in [5.74, 6) is -1.58. The smallest absolute Gasteiger partial charge is 0.217 e. The number of halogens is 2. The predicted octanol–water partition coefficient (Wildman–Crippen LogP) is 2.93. The van der Waals surface area contributed by atoms with E-state index in [2.05, 4.69) is 9.97 Å². The fourth-order valence-corrected chi connectivity index (χ4v) is 5.05. The van der Waals surface area contributed by atoms with Gasteiger partial charge in [0.15, 0.2) is 5.82 Å². The van der Waals surface area contributed by atoms with Crippen molar-refractivity contribution in [1.82, 2.24) is 9.97 Å². The first-order chi connectivity index (χ1) is 12.2. The van der Waals surface area contributed by atoms with Crippen LogP contribution in [-0.4, -0.2) is 26.8 Å². The van der Waals surface area contributed by atoms with Crippen molar-refractivity contribution in [3.8, 4) is 0 Å². The van der Waals surface area contributed by atoms with E-state index in [9.17, 15) is 21.2 Å². The fraction of sp³-hybridized carbons (Fsp3) is 0. The van der Waals surface area contributed by atoms with Crippen LogP contribution in [0.25, 0.3) is 0 Å². The number of nitrogens with zero attached hydrogens (tertiary/aromatic N) is 2. The van der Waals surface area contributed by atoms with Gasteiger partial charge in [0.2, 0.25) is 35.0 Å². The van der Waals surface area contributed by atoms with Crippen molar-refractivity contribution in [1.29, 1.82) is 0 Å². The van der Waals surface area contributed by atoms with E-state index in [0.717, 1.165) is 0 Å². The molecule has 0 bridgehead atoms. The number of hydrogen-bond acceptors (Lipinski definition) is 6. The summed E-state index contributed by atoms with van der Waals surface area (Å²) >= 11 is 5.69. The van der Waals surface area contributed by atoms with Crippen molar-refractivity contribution in [2.45, 2.75) is 19.8 Å². The van der Waals surface area contributed by atoms with Crippen molar-refractivity contribution < 1.29 is 21.2 Å². The van der Waals surface area contributed by atoms with Gasteiger partial charge in [-0.1, -0.05) is 36.4 Å². The van der Waals surface area contributed by atoms with Crippen LogP contribution in [0.2, 0.25) is 5.28 Å². The Balaban J connectivity index is 2.27. The van der Waals surface area contributed by atoms with Gasteiger partial charge in [0.1, 0.15) is 0 Å². The highest BCUT2D eigenvalue weighted by atomic mass is 35.5. The summed E-state index contributed by atoms with van der Waals surface area (Å²) in [6, 6.07) is 13.8. The molecule has 3 rings (SSSR count). The van der Waals surface area contributed by atoms with Gasteiger partial charge in [-0.3, -0.25) is 0 Å². The van der Waals surface area contributed by atoms with Crippen LogP contribution >= 0.6 is 11.6 Å². The van der Waals surface area contributed by atoms with Crippen molar-refractivity contribution >= 4 is 31.3 Å². The number of hydrogen-bond donors (Lipinski definition) is 0. The number of aromatic nitrogens is 2. The third kappa shape index (κ3) is 3.20. The Bertz CT molecular complexity index is 1080. The first kappa shape index (κ1) is 18.4. The molecule has 6 nitrogen and oxygen atoms in total. The highest BCUT2D eigenvalue weighted by Crippen LogP contribution is 2.29. The summed E-state index contributed by atoms with van der Waals surface area (Å²) in [5.41, 5.74) is 0. The zero-order valence-electron chi connectivity index (χ0n) is 12.9. The second-order valence-corrected chi connectivity index (χ2v) is 9.12. The summed E-state index contributed by atoms with van der Waals surface area (Å²) in [6.07, 6.45) is 0. The van der Waals surface area contributed by atoms with Gasteiger partial charge in [-0.15, -0.1) is 0 Å². The number of rotatable bonds is 4. The van der Waals surface area contributed by atoms with Gasteiger partial charge < -0.3 is 0 Å². The lowest BCUT2D eigenvalue weighted by Crippen LogP contribution is -2.15. The monoisotopic (exact) mass is 412 g/mol. The first-order valence-electron chi connectivity index (χ1n) is 7.08. The van der Waals surface area contributed by atoms with E-state index in [-0.39, 0.29) is 9.79 Å². The van der Waals surface area contributed by atoms with Crippen LogP contribution in [0.5, 0.6) is 0 Å². The van der Waals surface area contributed by atoms with Crippen molar-refractivity contribution in [3.63, 3.8) is 0 Å². The van der Waals surface area contributed by atoms with E-state index in [4.69, 9.17) is 11.6 Å². The molecule has 0 N–H and O–H groups in total. The van der Waals surface area contributed by atoms with Gasteiger partial charge in [-0.2, -0.15) is 0 Å². The van der Waals surface area contributed by atoms with E-state index in [0.29, 0.717) is 0 Å². The standard InChI is InChI=1S/C16H10ClFN2O4S2/c17-16-19-14(25(21,22)11-7-3-1-4-8-11)13(18)15(20-16)26(23,24)12-9-5-2-6-10-12/h1-10H. The van der Waals surface area contributed by atoms with Crippen molar-refractivity contribution in [2.24, 2.45) is 0 Å². The molecule has 0 radical (unpaired) electrons. The average Bonchev–Trinajstić information content (AvgIpc) is 2.64. The maximum absolute atomic E-state index is 14.9. The minimum Gasteiger partial charge on any atom is -0.217 e. The lowest BCUT2D eigenvalue weighted by Gasteiger charge is -2.09. The summed E-state index contributed by atoms with van der Waals surface area (Å²) in [6.45, 7) is 0. The molecule has 2 aromatic carbocycles. The number of sulfone groups is 2. The maximum atomic E-state index is 14.9. The van der Waals surface area contributed by atoms with Crippen LogP contribution in [0.15, 0.2) is 80.5 Å². The molecule has 0 spiro atoms. The van der Waals surface area contributed by atoms with E-state index in [1.807, 2.05) is 0 Å². The fourth-order valence-electron chi connectivity index (χ4n) is 2.16. The van der Waals surface area contributed by atoms with E-state index in [1.165, 1.54) is 48.5 Å². The lowest BCUT2D eigenvalue weighted by molar-refractivity contribution is 0.510. The highest BCUT2D eigenvalue weighted by molar-refractivity contribution is 7.92. The molecule has 0 fully saturated rings. The highest BCUT2D eigenvalue weighted by Gasteiger charge is 2.33.